The summed E-state index contributed by atoms with van der Waals surface area (Å²) in [6, 6.07) is 63.7. The van der Waals surface area contributed by atoms with Gasteiger partial charge in [0.1, 0.15) is 11.2 Å². The van der Waals surface area contributed by atoms with E-state index >= 15 is 0 Å². The van der Waals surface area contributed by atoms with Crippen molar-refractivity contribution in [2.45, 2.75) is 0 Å². The summed E-state index contributed by atoms with van der Waals surface area (Å²) in [5.41, 5.74) is 10.2. The smallest absolute Gasteiger partial charge is 0.165 e. The van der Waals surface area contributed by atoms with Gasteiger partial charge in [-0.2, -0.15) is 0 Å². The van der Waals surface area contributed by atoms with Gasteiger partial charge >= 0.3 is 0 Å². The first-order valence-corrected chi connectivity index (χ1v) is 19.8. The van der Waals surface area contributed by atoms with Crippen molar-refractivity contribution in [3.05, 3.63) is 182 Å². The lowest BCUT2D eigenvalue weighted by Crippen LogP contribution is -2.00. The van der Waals surface area contributed by atoms with Crippen molar-refractivity contribution in [3.8, 4) is 51.0 Å². The lowest BCUT2D eigenvalue weighted by atomic mass is 10.0. The number of furan rings is 1. The molecule has 0 atom stereocenters. The van der Waals surface area contributed by atoms with Crippen molar-refractivity contribution in [2.75, 3.05) is 0 Å². The summed E-state index contributed by atoms with van der Waals surface area (Å²) in [5.74, 6) is 1.83. The SMILES string of the molecule is c1ccc(-c2cccc(-c3nc(-c4ccc5c(c4)oc4ccccc45)nc(-c4cccc5c4sc4c5ccc5c6ccccc6n(-c6ccccc6)c54)n3)c2)cc1. The first-order chi connectivity index (χ1) is 28.2. The molecular weight excluding hydrogens is 717 g/mol. The van der Waals surface area contributed by atoms with Gasteiger partial charge in [-0.3, -0.25) is 0 Å². The molecule has 12 rings (SSSR count). The second kappa shape index (κ2) is 12.6. The second-order valence-corrected chi connectivity index (χ2v) is 15.4. The molecule has 0 aliphatic carbocycles. The van der Waals surface area contributed by atoms with Crippen LogP contribution in [-0.2, 0) is 0 Å². The number of rotatable bonds is 5. The van der Waals surface area contributed by atoms with Gasteiger partial charge in [0, 0.05) is 59.4 Å². The Morgan fingerprint density at radius 3 is 1.84 bits per heavy atom. The van der Waals surface area contributed by atoms with E-state index in [0.29, 0.717) is 17.5 Å². The fraction of sp³-hybridized carbons (Fsp3) is 0. The van der Waals surface area contributed by atoms with Crippen molar-refractivity contribution in [2.24, 2.45) is 0 Å². The monoisotopic (exact) mass is 746 g/mol. The average Bonchev–Trinajstić information content (AvgIpc) is 3.96. The summed E-state index contributed by atoms with van der Waals surface area (Å²) in [4.78, 5) is 15.7. The van der Waals surface area contributed by atoms with Gasteiger partial charge < -0.3 is 8.98 Å². The van der Waals surface area contributed by atoms with Crippen LogP contribution in [0.3, 0.4) is 0 Å². The van der Waals surface area contributed by atoms with Gasteiger partial charge in [-0.1, -0.05) is 133 Å². The van der Waals surface area contributed by atoms with Crippen LogP contribution in [-0.4, -0.2) is 19.5 Å². The summed E-state index contributed by atoms with van der Waals surface area (Å²) < 4.78 is 11.1. The Morgan fingerprint density at radius 2 is 0.982 bits per heavy atom. The van der Waals surface area contributed by atoms with E-state index in [-0.39, 0.29) is 0 Å². The standard InChI is InChI=1S/C51H30N4OS/c1-3-13-31(14-4-1)32-15-11-16-33(29-32)49-52-50(34-25-26-38-37-20-8-10-24-44(37)56-45(38)30-34)54-51(53-49)42-22-12-21-40-41-28-27-39-36-19-7-9-23-43(36)55(35-17-5-2-6-18-35)46(39)48(41)57-47(40)42/h1-30H. The lowest BCUT2D eigenvalue weighted by molar-refractivity contribution is 0.669. The van der Waals surface area contributed by atoms with Crippen LogP contribution in [0.15, 0.2) is 186 Å². The number of aromatic nitrogens is 4. The Labute approximate surface area is 330 Å². The van der Waals surface area contributed by atoms with Crippen molar-refractivity contribution >= 4 is 75.3 Å². The number of benzene rings is 8. The molecule has 6 heteroatoms. The molecule has 0 spiro atoms. The van der Waals surface area contributed by atoms with E-state index in [2.05, 4.69) is 162 Å². The highest BCUT2D eigenvalue weighted by molar-refractivity contribution is 7.27. The van der Waals surface area contributed by atoms with Crippen LogP contribution in [0.25, 0.3) is 115 Å². The lowest BCUT2D eigenvalue weighted by Gasteiger charge is -2.10. The molecule has 0 fully saturated rings. The van der Waals surface area contributed by atoms with Gasteiger partial charge in [0.25, 0.3) is 0 Å². The van der Waals surface area contributed by atoms with Gasteiger partial charge in [-0.15, -0.1) is 11.3 Å². The molecule has 0 bridgehead atoms. The molecule has 0 aliphatic heterocycles. The van der Waals surface area contributed by atoms with E-state index in [0.717, 1.165) is 60.1 Å². The highest BCUT2D eigenvalue weighted by Crippen LogP contribution is 2.45. The zero-order chi connectivity index (χ0) is 37.5. The third-order valence-electron chi connectivity index (χ3n) is 11.1. The van der Waals surface area contributed by atoms with Gasteiger partial charge in [-0.05, 0) is 59.7 Å². The van der Waals surface area contributed by atoms with Crippen LogP contribution in [0.4, 0.5) is 0 Å². The summed E-state index contributed by atoms with van der Waals surface area (Å²) >= 11 is 1.81. The maximum absolute atomic E-state index is 6.33. The van der Waals surface area contributed by atoms with E-state index in [9.17, 15) is 0 Å². The minimum Gasteiger partial charge on any atom is -0.456 e. The molecule has 0 unspecified atom stereocenters. The minimum atomic E-state index is 0.590. The first-order valence-electron chi connectivity index (χ1n) is 19.0. The number of hydrogen-bond acceptors (Lipinski definition) is 5. The molecular formula is C51H30N4OS. The molecule has 266 valence electrons. The molecule has 4 aromatic heterocycles. The van der Waals surface area contributed by atoms with Gasteiger partial charge in [0.05, 0.1) is 15.7 Å². The van der Waals surface area contributed by atoms with E-state index < -0.39 is 0 Å². The van der Waals surface area contributed by atoms with Crippen LogP contribution in [0.2, 0.25) is 0 Å². The Hall–Kier alpha value is -7.41. The number of para-hydroxylation sites is 3. The largest absolute Gasteiger partial charge is 0.456 e. The van der Waals surface area contributed by atoms with Crippen LogP contribution in [0, 0.1) is 0 Å². The summed E-state index contributed by atoms with van der Waals surface area (Å²) in [5, 5.41) is 7.02. The first kappa shape index (κ1) is 31.9. The fourth-order valence-corrected chi connectivity index (χ4v) is 9.76. The van der Waals surface area contributed by atoms with Gasteiger partial charge in [0.2, 0.25) is 0 Å². The highest BCUT2D eigenvalue weighted by Gasteiger charge is 2.21. The van der Waals surface area contributed by atoms with Crippen molar-refractivity contribution in [1.29, 1.82) is 0 Å². The predicted molar refractivity (Wildman–Crippen MR) is 236 cm³/mol. The normalized spacial score (nSPS) is 11.9. The number of thiophene rings is 1. The molecule has 0 radical (unpaired) electrons. The maximum Gasteiger partial charge on any atom is 0.165 e. The molecule has 8 aromatic carbocycles. The fourth-order valence-electron chi connectivity index (χ4n) is 8.41. The molecule has 57 heavy (non-hydrogen) atoms. The number of nitrogens with zero attached hydrogens (tertiary/aromatic N) is 4. The molecule has 0 saturated carbocycles. The molecule has 0 saturated heterocycles. The summed E-state index contributed by atoms with van der Waals surface area (Å²) in [6.45, 7) is 0. The van der Waals surface area contributed by atoms with E-state index in [1.165, 1.54) is 37.3 Å². The molecule has 4 heterocycles. The Morgan fingerprint density at radius 1 is 0.386 bits per heavy atom. The zero-order valence-electron chi connectivity index (χ0n) is 30.4. The van der Waals surface area contributed by atoms with Crippen LogP contribution >= 0.6 is 11.3 Å². The number of hydrogen-bond donors (Lipinski definition) is 0. The average molecular weight is 747 g/mol. The maximum atomic E-state index is 6.33. The van der Waals surface area contributed by atoms with Crippen LogP contribution in [0.5, 0.6) is 0 Å². The summed E-state index contributed by atoms with van der Waals surface area (Å²) in [6.07, 6.45) is 0. The van der Waals surface area contributed by atoms with Crippen molar-refractivity contribution in [1.82, 2.24) is 19.5 Å². The van der Waals surface area contributed by atoms with E-state index in [1.54, 1.807) is 0 Å². The molecule has 5 nitrogen and oxygen atoms in total. The van der Waals surface area contributed by atoms with Crippen LogP contribution in [0.1, 0.15) is 0 Å². The summed E-state index contributed by atoms with van der Waals surface area (Å²) in [7, 11) is 0. The molecule has 0 amide bonds. The van der Waals surface area contributed by atoms with Crippen molar-refractivity contribution < 1.29 is 4.42 Å². The Kier molecular flexibility index (Phi) is 7.03. The van der Waals surface area contributed by atoms with Gasteiger partial charge in [-0.25, -0.2) is 15.0 Å². The number of fused-ring (bicyclic) bond motifs is 10. The molecule has 0 N–H and O–H groups in total. The third-order valence-corrected chi connectivity index (χ3v) is 12.3. The third kappa shape index (κ3) is 5.04. The van der Waals surface area contributed by atoms with Crippen LogP contribution < -0.4 is 0 Å². The minimum absolute atomic E-state index is 0.590. The Balaban J connectivity index is 1.11. The predicted octanol–water partition coefficient (Wildman–Crippen LogP) is 13.9. The zero-order valence-corrected chi connectivity index (χ0v) is 31.2. The molecule has 12 aromatic rings. The molecule has 0 aliphatic rings. The topological polar surface area (TPSA) is 56.7 Å². The Bertz CT molecular complexity index is 3530. The quantitative estimate of drug-likeness (QED) is 0.176. The van der Waals surface area contributed by atoms with Gasteiger partial charge in [0.15, 0.2) is 17.5 Å². The second-order valence-electron chi connectivity index (χ2n) is 14.4. The van der Waals surface area contributed by atoms with E-state index in [4.69, 9.17) is 19.4 Å². The van der Waals surface area contributed by atoms with Crippen molar-refractivity contribution in [3.63, 3.8) is 0 Å². The highest BCUT2D eigenvalue weighted by atomic mass is 32.1. The van der Waals surface area contributed by atoms with E-state index in [1.807, 2.05) is 35.6 Å².